The molecule has 4 rings (SSSR count). The topological polar surface area (TPSA) is 55.9 Å². The fraction of sp³-hybridized carbons (Fsp3) is 0.625. The van der Waals surface area contributed by atoms with Crippen LogP contribution in [0.5, 0.6) is 0 Å². The predicted octanol–water partition coefficient (Wildman–Crippen LogP) is 6.04. The number of likely N-dealkylation sites (N-methyl/N-ethyl adjacent to an activating group) is 1. The van der Waals surface area contributed by atoms with Gasteiger partial charge in [0.05, 0.1) is 11.1 Å². The van der Waals surface area contributed by atoms with E-state index >= 15 is 0 Å². The van der Waals surface area contributed by atoms with Gasteiger partial charge in [-0.05, 0) is 49.9 Å². The second-order valence-electron chi connectivity index (χ2n) is 11.4. The van der Waals surface area contributed by atoms with Gasteiger partial charge in [-0.2, -0.15) is 0 Å². The lowest BCUT2D eigenvalue weighted by Crippen LogP contribution is -2.49. The third-order valence-electron chi connectivity index (χ3n) is 8.47. The summed E-state index contributed by atoms with van der Waals surface area (Å²) in [6, 6.07) is 10.3. The molecule has 38 heavy (non-hydrogen) atoms. The lowest BCUT2D eigenvalue weighted by molar-refractivity contribution is 0.0520. The van der Waals surface area contributed by atoms with Crippen molar-refractivity contribution in [2.75, 3.05) is 39.8 Å². The van der Waals surface area contributed by atoms with E-state index in [1.165, 1.54) is 61.9 Å². The van der Waals surface area contributed by atoms with Gasteiger partial charge in [0, 0.05) is 44.2 Å². The average Bonchev–Trinajstić information content (AvgIpc) is 2.92. The Morgan fingerprint density at radius 1 is 0.789 bits per heavy atom. The molecule has 0 radical (unpaired) electrons. The van der Waals surface area contributed by atoms with Crippen molar-refractivity contribution in [3.63, 3.8) is 0 Å². The van der Waals surface area contributed by atoms with Crippen LogP contribution < -0.4 is 5.43 Å². The van der Waals surface area contributed by atoms with Gasteiger partial charge in [-0.3, -0.25) is 14.5 Å². The van der Waals surface area contributed by atoms with Crippen molar-refractivity contribution in [2.24, 2.45) is 0 Å². The van der Waals surface area contributed by atoms with E-state index in [0.29, 0.717) is 23.7 Å². The minimum atomic E-state index is -0.232. The highest BCUT2D eigenvalue weighted by atomic mass is 16.2. The molecule has 2 amide bonds. The van der Waals surface area contributed by atoms with Gasteiger partial charge < -0.3 is 4.90 Å². The number of hydrogen-bond donors (Lipinski definition) is 1. The first kappa shape index (κ1) is 28.7. The van der Waals surface area contributed by atoms with E-state index in [1.54, 1.807) is 0 Å². The molecule has 1 unspecified atom stereocenters. The molecule has 6 heteroatoms. The fourth-order valence-corrected chi connectivity index (χ4v) is 5.99. The second kappa shape index (κ2) is 14.2. The summed E-state index contributed by atoms with van der Waals surface area (Å²) in [4.78, 5) is 31.7. The SMILES string of the molecule is CCCCCCCCCCCCNN1C(=O)c2cccc3c(CC(C)N4CCN(C)CC4)ccc(c23)C1=O. The van der Waals surface area contributed by atoms with Gasteiger partial charge in [-0.15, -0.1) is 0 Å². The van der Waals surface area contributed by atoms with Crippen LogP contribution in [0.25, 0.3) is 10.8 Å². The largest absolute Gasteiger partial charge is 0.304 e. The molecule has 1 fully saturated rings. The highest BCUT2D eigenvalue weighted by molar-refractivity contribution is 6.25. The molecule has 0 aromatic heterocycles. The summed E-state index contributed by atoms with van der Waals surface area (Å²) in [5.74, 6) is -0.464. The highest BCUT2D eigenvalue weighted by Crippen LogP contribution is 2.32. The van der Waals surface area contributed by atoms with Crippen molar-refractivity contribution in [3.8, 4) is 0 Å². The van der Waals surface area contributed by atoms with Crippen LogP contribution in [0.1, 0.15) is 104 Å². The predicted molar refractivity (Wildman–Crippen MR) is 157 cm³/mol. The zero-order valence-electron chi connectivity index (χ0n) is 23.9. The molecule has 0 aliphatic carbocycles. The first-order valence-corrected chi connectivity index (χ1v) is 15.1. The number of nitrogens with one attached hydrogen (secondary N) is 1. The van der Waals surface area contributed by atoms with Crippen LogP contribution in [0.2, 0.25) is 0 Å². The Labute approximate surface area is 229 Å². The van der Waals surface area contributed by atoms with Gasteiger partial charge in [-0.1, -0.05) is 82.9 Å². The summed E-state index contributed by atoms with van der Waals surface area (Å²) < 4.78 is 0. The van der Waals surface area contributed by atoms with E-state index in [-0.39, 0.29) is 11.8 Å². The summed E-state index contributed by atoms with van der Waals surface area (Å²) >= 11 is 0. The molecule has 2 aliphatic heterocycles. The maximum Gasteiger partial charge on any atom is 0.275 e. The zero-order chi connectivity index (χ0) is 26.9. The number of unbranched alkanes of at least 4 members (excludes halogenated alkanes) is 9. The van der Waals surface area contributed by atoms with Crippen molar-refractivity contribution in [1.82, 2.24) is 20.2 Å². The van der Waals surface area contributed by atoms with Gasteiger partial charge in [0.1, 0.15) is 0 Å². The Balaban J connectivity index is 1.32. The monoisotopic (exact) mass is 520 g/mol. The number of amides is 2. The number of rotatable bonds is 15. The molecule has 0 bridgehead atoms. The fourth-order valence-electron chi connectivity index (χ4n) is 5.99. The van der Waals surface area contributed by atoms with Crippen LogP contribution in [0.3, 0.4) is 0 Å². The molecule has 2 aromatic carbocycles. The molecule has 6 nitrogen and oxygen atoms in total. The number of carbonyl (C=O) groups excluding carboxylic acids is 2. The molecule has 2 aliphatic rings. The molecule has 1 atom stereocenters. The van der Waals surface area contributed by atoms with Gasteiger partial charge in [0.25, 0.3) is 11.8 Å². The molecule has 2 heterocycles. The number of carbonyl (C=O) groups is 2. The normalized spacial score (nSPS) is 17.5. The van der Waals surface area contributed by atoms with Crippen molar-refractivity contribution in [3.05, 3.63) is 47.0 Å². The third-order valence-corrected chi connectivity index (χ3v) is 8.47. The average molecular weight is 521 g/mol. The molecule has 1 N–H and O–H groups in total. The Morgan fingerprint density at radius 3 is 2.05 bits per heavy atom. The Bertz CT molecular complexity index is 1050. The Morgan fingerprint density at radius 2 is 1.39 bits per heavy atom. The lowest BCUT2D eigenvalue weighted by Gasteiger charge is -2.36. The zero-order valence-corrected chi connectivity index (χ0v) is 23.9. The van der Waals surface area contributed by atoms with Crippen LogP contribution in [0.15, 0.2) is 30.3 Å². The van der Waals surface area contributed by atoms with E-state index < -0.39 is 0 Å². The summed E-state index contributed by atoms with van der Waals surface area (Å²) in [5, 5.41) is 3.11. The summed E-state index contributed by atoms with van der Waals surface area (Å²) in [6.45, 7) is 9.53. The van der Waals surface area contributed by atoms with Crippen LogP contribution in [0.4, 0.5) is 0 Å². The molecular weight excluding hydrogens is 472 g/mol. The molecule has 0 saturated carbocycles. The molecule has 2 aromatic rings. The van der Waals surface area contributed by atoms with Gasteiger partial charge in [0.2, 0.25) is 0 Å². The van der Waals surface area contributed by atoms with E-state index in [0.717, 1.165) is 56.2 Å². The number of nitrogens with zero attached hydrogens (tertiary/aromatic N) is 3. The summed E-state index contributed by atoms with van der Waals surface area (Å²) in [6.07, 6.45) is 13.5. The van der Waals surface area contributed by atoms with Gasteiger partial charge >= 0.3 is 0 Å². The quantitative estimate of drug-likeness (QED) is 0.229. The maximum atomic E-state index is 13.4. The van der Waals surface area contributed by atoms with Crippen molar-refractivity contribution >= 4 is 22.6 Å². The van der Waals surface area contributed by atoms with Crippen molar-refractivity contribution < 1.29 is 9.59 Å². The smallest absolute Gasteiger partial charge is 0.275 e. The molecular formula is C32H48N4O2. The minimum absolute atomic E-state index is 0.232. The number of imide groups is 1. The van der Waals surface area contributed by atoms with Crippen LogP contribution in [-0.4, -0.2) is 72.4 Å². The third kappa shape index (κ3) is 7.02. The van der Waals surface area contributed by atoms with Crippen LogP contribution in [-0.2, 0) is 6.42 Å². The minimum Gasteiger partial charge on any atom is -0.304 e. The van der Waals surface area contributed by atoms with Gasteiger partial charge in [-0.25, -0.2) is 10.4 Å². The van der Waals surface area contributed by atoms with Crippen LogP contribution in [0, 0.1) is 0 Å². The van der Waals surface area contributed by atoms with E-state index in [4.69, 9.17) is 0 Å². The number of benzene rings is 2. The van der Waals surface area contributed by atoms with E-state index in [2.05, 4.69) is 48.3 Å². The number of hydrogen-bond acceptors (Lipinski definition) is 5. The summed E-state index contributed by atoms with van der Waals surface area (Å²) in [5.41, 5.74) is 5.61. The van der Waals surface area contributed by atoms with Gasteiger partial charge in [0.15, 0.2) is 0 Å². The first-order chi connectivity index (χ1) is 18.5. The molecule has 208 valence electrons. The highest BCUT2D eigenvalue weighted by Gasteiger charge is 2.33. The van der Waals surface area contributed by atoms with Crippen molar-refractivity contribution in [2.45, 2.75) is 90.5 Å². The van der Waals surface area contributed by atoms with E-state index in [9.17, 15) is 9.59 Å². The standard InChI is InChI=1S/C32H48N4O2/c1-4-5-6-7-8-9-10-11-12-13-19-33-36-31(37)28-16-14-15-27-26(17-18-29(30(27)28)32(36)38)24-25(2)35-22-20-34(3)21-23-35/h14-18,25,33H,4-13,19-24H2,1-3H3. The Kier molecular flexibility index (Phi) is 10.7. The first-order valence-electron chi connectivity index (χ1n) is 15.1. The maximum absolute atomic E-state index is 13.4. The summed E-state index contributed by atoms with van der Waals surface area (Å²) in [7, 11) is 2.18. The van der Waals surface area contributed by atoms with Crippen molar-refractivity contribution in [1.29, 1.82) is 0 Å². The van der Waals surface area contributed by atoms with Crippen LogP contribution >= 0.6 is 0 Å². The molecule has 1 saturated heterocycles. The lowest BCUT2D eigenvalue weighted by atomic mass is 9.90. The number of piperazine rings is 1. The van der Waals surface area contributed by atoms with E-state index in [1.807, 2.05) is 18.2 Å². The Hall–Kier alpha value is -2.28. The number of hydrazine groups is 1. The second-order valence-corrected chi connectivity index (χ2v) is 11.4. The molecule has 0 spiro atoms.